The van der Waals surface area contributed by atoms with Crippen LogP contribution in [-0.4, -0.2) is 10.7 Å². The standard InChI is InChI=1S/C13H21NO/c14-10-13(15)11-8-6-4-2-1-3-5-7-9-12(11)13/h11-12,15H,1-9H2. The van der Waals surface area contributed by atoms with E-state index < -0.39 is 5.60 Å². The minimum absolute atomic E-state index is 0.292. The summed E-state index contributed by atoms with van der Waals surface area (Å²) in [6.45, 7) is 0. The average molecular weight is 207 g/mol. The van der Waals surface area contributed by atoms with E-state index in [1.807, 2.05) is 0 Å². The molecule has 0 spiro atoms. The summed E-state index contributed by atoms with van der Waals surface area (Å²) in [5, 5.41) is 19.0. The third-order valence-electron chi connectivity index (χ3n) is 4.22. The summed E-state index contributed by atoms with van der Waals surface area (Å²) in [5.74, 6) is 0.584. The fourth-order valence-electron chi connectivity index (χ4n) is 3.14. The summed E-state index contributed by atoms with van der Waals surface area (Å²) < 4.78 is 0. The molecule has 2 unspecified atom stereocenters. The smallest absolute Gasteiger partial charge is 0.157 e. The highest BCUT2D eigenvalue weighted by Gasteiger charge is 2.63. The van der Waals surface area contributed by atoms with E-state index in [1.54, 1.807) is 0 Å². The minimum atomic E-state index is -0.945. The maximum atomic E-state index is 10.0. The summed E-state index contributed by atoms with van der Waals surface area (Å²) >= 11 is 0. The summed E-state index contributed by atoms with van der Waals surface area (Å²) in [7, 11) is 0. The number of hydrogen-bond acceptors (Lipinski definition) is 2. The molecule has 0 aromatic rings. The number of aliphatic hydroxyl groups is 1. The summed E-state index contributed by atoms with van der Waals surface area (Å²) in [6.07, 6.45) is 11.1. The van der Waals surface area contributed by atoms with Crippen molar-refractivity contribution in [3.05, 3.63) is 0 Å². The van der Waals surface area contributed by atoms with Gasteiger partial charge in [-0.15, -0.1) is 0 Å². The molecule has 2 aliphatic carbocycles. The van der Waals surface area contributed by atoms with Crippen LogP contribution in [0.3, 0.4) is 0 Å². The van der Waals surface area contributed by atoms with Crippen LogP contribution in [0.1, 0.15) is 57.8 Å². The van der Waals surface area contributed by atoms with Gasteiger partial charge in [-0.25, -0.2) is 0 Å². The van der Waals surface area contributed by atoms with Gasteiger partial charge in [0.05, 0.1) is 6.07 Å². The number of hydrogen-bond donors (Lipinski definition) is 1. The summed E-state index contributed by atoms with van der Waals surface area (Å²) in [6, 6.07) is 2.12. The second-order valence-corrected chi connectivity index (χ2v) is 5.20. The van der Waals surface area contributed by atoms with Gasteiger partial charge in [0.25, 0.3) is 0 Å². The molecular formula is C13H21NO. The molecule has 2 saturated carbocycles. The van der Waals surface area contributed by atoms with Crippen LogP contribution in [0.5, 0.6) is 0 Å². The van der Waals surface area contributed by atoms with Gasteiger partial charge in [-0.1, -0.05) is 44.9 Å². The maximum Gasteiger partial charge on any atom is 0.157 e. The van der Waals surface area contributed by atoms with E-state index in [9.17, 15) is 5.11 Å². The van der Waals surface area contributed by atoms with E-state index in [-0.39, 0.29) is 0 Å². The number of rotatable bonds is 0. The molecule has 0 bridgehead atoms. The van der Waals surface area contributed by atoms with Crippen LogP contribution in [0, 0.1) is 23.2 Å². The Kier molecular flexibility index (Phi) is 3.31. The van der Waals surface area contributed by atoms with Gasteiger partial charge in [-0.3, -0.25) is 0 Å². The Morgan fingerprint density at radius 1 is 0.867 bits per heavy atom. The largest absolute Gasteiger partial charge is 0.375 e. The highest BCUT2D eigenvalue weighted by molar-refractivity contribution is 5.23. The minimum Gasteiger partial charge on any atom is -0.375 e. The molecule has 84 valence electrons. The van der Waals surface area contributed by atoms with Gasteiger partial charge in [-0.2, -0.15) is 5.26 Å². The van der Waals surface area contributed by atoms with Crippen LogP contribution in [0.4, 0.5) is 0 Å². The Morgan fingerprint density at radius 3 is 1.67 bits per heavy atom. The summed E-state index contributed by atoms with van der Waals surface area (Å²) in [4.78, 5) is 0. The monoisotopic (exact) mass is 207 g/mol. The molecule has 0 radical (unpaired) electrons. The Bertz CT molecular complexity index is 240. The number of nitrogens with zero attached hydrogens (tertiary/aromatic N) is 1. The van der Waals surface area contributed by atoms with Gasteiger partial charge >= 0.3 is 0 Å². The van der Waals surface area contributed by atoms with Crippen LogP contribution < -0.4 is 0 Å². The molecule has 15 heavy (non-hydrogen) atoms. The number of fused-ring (bicyclic) bond motifs is 1. The lowest BCUT2D eigenvalue weighted by Crippen LogP contribution is -2.09. The van der Waals surface area contributed by atoms with E-state index in [4.69, 9.17) is 5.26 Å². The lowest BCUT2D eigenvalue weighted by Gasteiger charge is -2.03. The average Bonchev–Trinajstić information content (AvgIpc) is 2.83. The van der Waals surface area contributed by atoms with Crippen molar-refractivity contribution in [1.29, 1.82) is 5.26 Å². The second kappa shape index (κ2) is 4.53. The molecule has 0 saturated heterocycles. The molecule has 2 heteroatoms. The van der Waals surface area contributed by atoms with Crippen molar-refractivity contribution in [2.24, 2.45) is 11.8 Å². The lowest BCUT2D eigenvalue weighted by molar-refractivity contribution is 0.172. The molecule has 0 amide bonds. The third kappa shape index (κ3) is 2.18. The van der Waals surface area contributed by atoms with E-state index in [0.717, 1.165) is 12.8 Å². The first-order valence-corrected chi connectivity index (χ1v) is 6.42. The van der Waals surface area contributed by atoms with Crippen LogP contribution >= 0.6 is 0 Å². The van der Waals surface area contributed by atoms with Gasteiger partial charge in [0.15, 0.2) is 5.60 Å². The van der Waals surface area contributed by atoms with E-state index >= 15 is 0 Å². The Hall–Kier alpha value is -0.550. The zero-order chi connectivity index (χ0) is 10.7. The van der Waals surface area contributed by atoms with Crippen LogP contribution in [0.2, 0.25) is 0 Å². The van der Waals surface area contributed by atoms with Crippen LogP contribution in [0.25, 0.3) is 0 Å². The normalized spacial score (nSPS) is 42.1. The molecule has 2 atom stereocenters. The predicted molar refractivity (Wildman–Crippen MR) is 59.1 cm³/mol. The van der Waals surface area contributed by atoms with Crippen molar-refractivity contribution in [2.45, 2.75) is 63.4 Å². The SMILES string of the molecule is N#CC1(O)C2CCCCCCCCCC21. The third-order valence-corrected chi connectivity index (χ3v) is 4.22. The fourth-order valence-corrected chi connectivity index (χ4v) is 3.14. The molecule has 0 aromatic heterocycles. The van der Waals surface area contributed by atoms with Crippen molar-refractivity contribution in [1.82, 2.24) is 0 Å². The van der Waals surface area contributed by atoms with E-state index in [1.165, 1.54) is 44.9 Å². The maximum absolute atomic E-state index is 10.0. The Morgan fingerprint density at radius 2 is 1.27 bits per heavy atom. The zero-order valence-electron chi connectivity index (χ0n) is 9.41. The molecule has 2 fully saturated rings. The van der Waals surface area contributed by atoms with Gasteiger partial charge in [-0.05, 0) is 12.8 Å². The van der Waals surface area contributed by atoms with Crippen molar-refractivity contribution in [3.63, 3.8) is 0 Å². The number of nitriles is 1. The zero-order valence-corrected chi connectivity index (χ0v) is 9.41. The van der Waals surface area contributed by atoms with Gasteiger partial charge in [0.2, 0.25) is 0 Å². The van der Waals surface area contributed by atoms with Crippen LogP contribution in [-0.2, 0) is 0 Å². The molecular weight excluding hydrogens is 186 g/mol. The van der Waals surface area contributed by atoms with Crippen molar-refractivity contribution in [2.75, 3.05) is 0 Å². The van der Waals surface area contributed by atoms with Gasteiger partial charge in [0.1, 0.15) is 0 Å². The topological polar surface area (TPSA) is 44.0 Å². The molecule has 0 aliphatic heterocycles. The Labute approximate surface area is 92.3 Å². The quantitative estimate of drug-likeness (QED) is 0.620. The molecule has 0 aromatic carbocycles. The van der Waals surface area contributed by atoms with Gasteiger partial charge in [0, 0.05) is 11.8 Å². The van der Waals surface area contributed by atoms with Crippen LogP contribution in [0.15, 0.2) is 0 Å². The second-order valence-electron chi connectivity index (χ2n) is 5.20. The van der Waals surface area contributed by atoms with Gasteiger partial charge < -0.3 is 5.11 Å². The highest BCUT2D eigenvalue weighted by Crippen LogP contribution is 2.55. The van der Waals surface area contributed by atoms with Crippen molar-refractivity contribution in [3.8, 4) is 6.07 Å². The first kappa shape index (κ1) is 11.0. The molecule has 1 N–H and O–H groups in total. The van der Waals surface area contributed by atoms with Crippen molar-refractivity contribution >= 4 is 0 Å². The first-order chi connectivity index (χ1) is 7.29. The first-order valence-electron chi connectivity index (χ1n) is 6.42. The summed E-state index contributed by atoms with van der Waals surface area (Å²) in [5.41, 5.74) is -0.945. The fraction of sp³-hybridized carbons (Fsp3) is 0.923. The molecule has 0 heterocycles. The highest BCUT2D eigenvalue weighted by atomic mass is 16.3. The van der Waals surface area contributed by atoms with E-state index in [0.29, 0.717) is 11.8 Å². The molecule has 2 rings (SSSR count). The van der Waals surface area contributed by atoms with Crippen molar-refractivity contribution < 1.29 is 5.11 Å². The Balaban J connectivity index is 1.90. The molecule has 2 nitrogen and oxygen atoms in total. The molecule has 2 aliphatic rings. The predicted octanol–water partition coefficient (Wildman–Crippen LogP) is 3.01. The van der Waals surface area contributed by atoms with E-state index in [2.05, 4.69) is 6.07 Å². The lowest BCUT2D eigenvalue weighted by atomic mass is 10.1.